The molecule has 0 saturated carbocycles. The smallest absolute Gasteiger partial charge is 0.415 e. The summed E-state index contributed by atoms with van der Waals surface area (Å²) in [6.45, 7) is 0. The highest BCUT2D eigenvalue weighted by atomic mass is 32.1. The number of ether oxygens (including phenoxy) is 1. The predicted octanol–water partition coefficient (Wildman–Crippen LogP) is -0.281. The van der Waals surface area contributed by atoms with Crippen LogP contribution in [0.1, 0.15) is 0 Å². The Bertz CT molecular complexity index is 396. The van der Waals surface area contributed by atoms with Crippen LogP contribution >= 0.6 is 11.3 Å². The normalized spacial score (nSPS) is 9.21. The summed E-state index contributed by atoms with van der Waals surface area (Å²) in [5, 5.41) is 9.59. The number of amides is 3. The zero-order valence-corrected chi connectivity index (χ0v) is 7.80. The van der Waals surface area contributed by atoms with Gasteiger partial charge in [0.25, 0.3) is 0 Å². The zero-order chi connectivity index (χ0) is 10.6. The van der Waals surface area contributed by atoms with Gasteiger partial charge in [-0.05, 0) is 11.3 Å². The summed E-state index contributed by atoms with van der Waals surface area (Å²) < 4.78 is 4.17. The Morgan fingerprint density at radius 1 is 1.57 bits per heavy atom. The molecule has 0 unspecified atom stereocenters. The van der Waals surface area contributed by atoms with Crippen LogP contribution in [-0.4, -0.2) is 29.4 Å². The minimum atomic E-state index is -0.898. The van der Waals surface area contributed by atoms with Gasteiger partial charge in [0.1, 0.15) is 0 Å². The lowest BCUT2D eigenvalue weighted by molar-refractivity contribution is 0.172. The van der Waals surface area contributed by atoms with Gasteiger partial charge in [-0.15, -0.1) is 5.10 Å². The summed E-state index contributed by atoms with van der Waals surface area (Å²) in [6, 6.07) is -0.820. The van der Waals surface area contributed by atoms with Gasteiger partial charge in [-0.1, -0.05) is 0 Å². The molecule has 14 heavy (non-hydrogen) atoms. The van der Waals surface area contributed by atoms with Gasteiger partial charge in [-0.3, -0.25) is 10.1 Å². The number of hydrogen-bond donors (Lipinski definition) is 3. The first-order valence-corrected chi connectivity index (χ1v) is 4.15. The number of methoxy groups -OCH3 is 1. The molecule has 9 heteroatoms. The molecule has 76 valence electrons. The molecule has 3 N–H and O–H groups in total. The first kappa shape index (κ1) is 10.2. The van der Waals surface area contributed by atoms with Gasteiger partial charge in [-0.2, -0.15) is 0 Å². The standard InChI is InChI=1S/C5H6N4O4S/c1-13-4(11)7-2(10)6-3-8-9-5(12)14-3/h1H3,(H,9,12)(H2,6,7,8,10,11). The van der Waals surface area contributed by atoms with E-state index in [4.69, 9.17) is 0 Å². The maximum atomic E-state index is 10.9. The van der Waals surface area contributed by atoms with E-state index in [0.29, 0.717) is 11.3 Å². The number of hydrogen-bond acceptors (Lipinski definition) is 6. The second-order valence-electron chi connectivity index (χ2n) is 1.99. The number of nitrogens with zero attached hydrogens (tertiary/aromatic N) is 1. The number of nitrogens with one attached hydrogen (secondary N) is 3. The molecule has 0 saturated heterocycles. The van der Waals surface area contributed by atoms with E-state index < -0.39 is 17.0 Å². The monoisotopic (exact) mass is 218 g/mol. The Balaban J connectivity index is 2.49. The minimum Gasteiger partial charge on any atom is -0.453 e. The Morgan fingerprint density at radius 2 is 2.29 bits per heavy atom. The molecular formula is C5H6N4O4S. The second-order valence-corrected chi connectivity index (χ2v) is 2.95. The summed E-state index contributed by atoms with van der Waals surface area (Å²) in [5.74, 6) is 0. The van der Waals surface area contributed by atoms with Crippen molar-refractivity contribution in [3.63, 3.8) is 0 Å². The van der Waals surface area contributed by atoms with Crippen LogP contribution in [0.3, 0.4) is 0 Å². The van der Waals surface area contributed by atoms with Crippen molar-refractivity contribution >= 4 is 28.6 Å². The number of H-pyrrole nitrogens is 1. The SMILES string of the molecule is COC(=O)NC(=O)Nc1n[nH]c(=O)s1. The van der Waals surface area contributed by atoms with Crippen LogP contribution < -0.4 is 15.5 Å². The summed E-state index contributed by atoms with van der Waals surface area (Å²) >= 11 is 0.704. The van der Waals surface area contributed by atoms with Crippen molar-refractivity contribution in [2.45, 2.75) is 0 Å². The van der Waals surface area contributed by atoms with Crippen molar-refractivity contribution in [1.82, 2.24) is 15.5 Å². The molecular weight excluding hydrogens is 212 g/mol. The largest absolute Gasteiger partial charge is 0.453 e. The molecule has 0 aromatic carbocycles. The maximum absolute atomic E-state index is 10.9. The number of carbonyl (C=O) groups excluding carboxylic acids is 2. The third-order valence-electron chi connectivity index (χ3n) is 1.06. The Kier molecular flexibility index (Phi) is 3.18. The molecule has 3 amide bonds. The average Bonchev–Trinajstić information content (AvgIpc) is 2.50. The highest BCUT2D eigenvalue weighted by Crippen LogP contribution is 2.02. The number of aromatic amines is 1. The van der Waals surface area contributed by atoms with Crippen LogP contribution in [0, 0.1) is 0 Å². The quantitative estimate of drug-likeness (QED) is 0.599. The van der Waals surface area contributed by atoms with Crippen LogP contribution in [0.5, 0.6) is 0 Å². The van der Waals surface area contributed by atoms with Gasteiger partial charge in [0.2, 0.25) is 5.13 Å². The van der Waals surface area contributed by atoms with E-state index in [1.165, 1.54) is 0 Å². The fourth-order valence-corrected chi connectivity index (χ4v) is 1.06. The van der Waals surface area contributed by atoms with E-state index in [1.807, 2.05) is 5.32 Å². The van der Waals surface area contributed by atoms with Crippen molar-refractivity contribution in [3.05, 3.63) is 9.67 Å². The number of aromatic nitrogens is 2. The van der Waals surface area contributed by atoms with Crippen molar-refractivity contribution in [2.24, 2.45) is 0 Å². The molecule has 1 aromatic rings. The fourth-order valence-electron chi connectivity index (χ4n) is 0.555. The molecule has 0 aliphatic heterocycles. The molecule has 1 heterocycles. The van der Waals surface area contributed by atoms with Gasteiger partial charge >= 0.3 is 17.0 Å². The van der Waals surface area contributed by atoms with Gasteiger partial charge < -0.3 is 4.74 Å². The summed E-state index contributed by atoms with van der Waals surface area (Å²) in [5.41, 5.74) is 0. The molecule has 0 aliphatic rings. The van der Waals surface area contributed by atoms with E-state index >= 15 is 0 Å². The highest BCUT2D eigenvalue weighted by molar-refractivity contribution is 7.13. The fraction of sp³-hybridized carbons (Fsp3) is 0.200. The maximum Gasteiger partial charge on any atom is 0.415 e. The first-order chi connectivity index (χ1) is 6.61. The van der Waals surface area contributed by atoms with Gasteiger partial charge in [0.05, 0.1) is 7.11 Å². The van der Waals surface area contributed by atoms with Crippen LogP contribution in [0.15, 0.2) is 4.79 Å². The van der Waals surface area contributed by atoms with Gasteiger partial charge in [0.15, 0.2) is 0 Å². The number of urea groups is 1. The first-order valence-electron chi connectivity index (χ1n) is 3.33. The third-order valence-corrected chi connectivity index (χ3v) is 1.72. The van der Waals surface area contributed by atoms with E-state index in [-0.39, 0.29) is 5.13 Å². The zero-order valence-electron chi connectivity index (χ0n) is 6.99. The second kappa shape index (κ2) is 4.37. The average molecular weight is 218 g/mol. The molecule has 0 atom stereocenters. The molecule has 1 rings (SSSR count). The van der Waals surface area contributed by atoms with E-state index in [9.17, 15) is 14.4 Å². The third kappa shape index (κ3) is 2.86. The Labute approximate surface area is 81.3 Å². The topological polar surface area (TPSA) is 113 Å². The van der Waals surface area contributed by atoms with Crippen LogP contribution in [-0.2, 0) is 4.74 Å². The van der Waals surface area contributed by atoms with Gasteiger partial charge in [-0.25, -0.2) is 20.0 Å². The number of alkyl carbamates (subject to hydrolysis) is 1. The van der Waals surface area contributed by atoms with Crippen LogP contribution in [0.2, 0.25) is 0 Å². The minimum absolute atomic E-state index is 0.0661. The summed E-state index contributed by atoms with van der Waals surface area (Å²) in [6.07, 6.45) is -0.898. The number of imide groups is 1. The summed E-state index contributed by atoms with van der Waals surface area (Å²) in [4.78, 5) is 31.6. The molecule has 0 radical (unpaired) electrons. The lowest BCUT2D eigenvalue weighted by Gasteiger charge is -2.00. The summed E-state index contributed by atoms with van der Waals surface area (Å²) in [7, 11) is 1.12. The van der Waals surface area contributed by atoms with E-state index in [2.05, 4.69) is 20.3 Å². The molecule has 1 aromatic heterocycles. The predicted molar refractivity (Wildman–Crippen MR) is 47.3 cm³/mol. The lowest BCUT2D eigenvalue weighted by atomic mass is 10.9. The lowest BCUT2D eigenvalue weighted by Crippen LogP contribution is -2.34. The Morgan fingerprint density at radius 3 is 2.79 bits per heavy atom. The van der Waals surface area contributed by atoms with Crippen molar-refractivity contribution in [1.29, 1.82) is 0 Å². The molecule has 0 fully saturated rings. The van der Waals surface area contributed by atoms with E-state index in [1.54, 1.807) is 0 Å². The molecule has 0 bridgehead atoms. The molecule has 0 aliphatic carbocycles. The van der Waals surface area contributed by atoms with E-state index in [0.717, 1.165) is 7.11 Å². The van der Waals surface area contributed by atoms with Crippen molar-refractivity contribution < 1.29 is 14.3 Å². The number of carbonyl (C=O) groups is 2. The molecule has 0 spiro atoms. The number of anilines is 1. The van der Waals surface area contributed by atoms with Crippen molar-refractivity contribution in [3.8, 4) is 0 Å². The molecule has 8 nitrogen and oxygen atoms in total. The number of rotatable bonds is 1. The van der Waals surface area contributed by atoms with Crippen molar-refractivity contribution in [2.75, 3.05) is 12.4 Å². The van der Waals surface area contributed by atoms with Crippen LogP contribution in [0.4, 0.5) is 14.7 Å². The van der Waals surface area contributed by atoms with Crippen LogP contribution in [0.25, 0.3) is 0 Å². The van der Waals surface area contributed by atoms with Gasteiger partial charge in [0, 0.05) is 0 Å². The highest BCUT2D eigenvalue weighted by Gasteiger charge is 2.08. The Hall–Kier alpha value is -1.90.